The van der Waals surface area contributed by atoms with Crippen molar-refractivity contribution in [1.29, 1.82) is 0 Å². The fourth-order valence-electron chi connectivity index (χ4n) is 3.02. The molecule has 0 aromatic carbocycles. The summed E-state index contributed by atoms with van der Waals surface area (Å²) in [5, 5.41) is 6.56. The Kier molecular flexibility index (Phi) is 6.26. The summed E-state index contributed by atoms with van der Waals surface area (Å²) in [5.74, 6) is 0.194. The average molecular weight is 282 g/mol. The van der Waals surface area contributed by atoms with Crippen LogP contribution in [0.3, 0.4) is 0 Å². The van der Waals surface area contributed by atoms with Crippen LogP contribution in [0.5, 0.6) is 0 Å². The van der Waals surface area contributed by atoms with Crippen LogP contribution < -0.4 is 10.6 Å². The molecular weight excluding hydrogens is 252 g/mol. The van der Waals surface area contributed by atoms with Crippen LogP contribution in [0.2, 0.25) is 0 Å². The summed E-state index contributed by atoms with van der Waals surface area (Å²) in [6.07, 6.45) is 4.84. The van der Waals surface area contributed by atoms with Crippen molar-refractivity contribution in [2.24, 2.45) is 0 Å². The third kappa shape index (κ3) is 4.72. The Hall–Kier alpha value is -0.650. The fraction of sp³-hybridized carbons (Fsp3) is 0.933. The minimum absolute atomic E-state index is 0.0292. The Labute approximate surface area is 123 Å². The van der Waals surface area contributed by atoms with Crippen LogP contribution in [0.1, 0.15) is 32.6 Å². The van der Waals surface area contributed by atoms with Crippen LogP contribution in [0, 0.1) is 0 Å². The zero-order valence-electron chi connectivity index (χ0n) is 13.0. The van der Waals surface area contributed by atoms with E-state index < -0.39 is 0 Å². The maximum absolute atomic E-state index is 12.2. The van der Waals surface area contributed by atoms with Crippen molar-refractivity contribution in [3.8, 4) is 0 Å². The molecule has 2 fully saturated rings. The topological polar surface area (TPSA) is 47.6 Å². The molecule has 0 aromatic rings. The van der Waals surface area contributed by atoms with Gasteiger partial charge in [-0.2, -0.15) is 0 Å². The van der Waals surface area contributed by atoms with Crippen molar-refractivity contribution in [3.63, 3.8) is 0 Å². The van der Waals surface area contributed by atoms with E-state index in [1.54, 1.807) is 0 Å². The Morgan fingerprint density at radius 3 is 2.65 bits per heavy atom. The zero-order valence-corrected chi connectivity index (χ0v) is 13.0. The van der Waals surface area contributed by atoms with Gasteiger partial charge < -0.3 is 10.6 Å². The second-order valence-corrected chi connectivity index (χ2v) is 6.24. The normalized spacial score (nSPS) is 23.1. The average Bonchev–Trinajstić information content (AvgIpc) is 2.98. The van der Waals surface area contributed by atoms with Gasteiger partial charge in [-0.1, -0.05) is 12.8 Å². The number of rotatable bonds is 6. The number of likely N-dealkylation sites (N-methyl/N-ethyl adjacent to an activating group) is 1. The molecule has 1 amide bonds. The summed E-state index contributed by atoms with van der Waals surface area (Å²) in [6.45, 7) is 8.44. The lowest BCUT2D eigenvalue weighted by molar-refractivity contribution is -0.126. The molecule has 0 aromatic heterocycles. The second-order valence-electron chi connectivity index (χ2n) is 6.24. The van der Waals surface area contributed by atoms with Gasteiger partial charge in [-0.25, -0.2) is 0 Å². The lowest BCUT2D eigenvalue weighted by Crippen LogP contribution is -2.50. The zero-order chi connectivity index (χ0) is 14.4. The van der Waals surface area contributed by atoms with Gasteiger partial charge in [0.1, 0.15) is 0 Å². The molecule has 5 heteroatoms. The van der Waals surface area contributed by atoms with Gasteiger partial charge in [-0.15, -0.1) is 0 Å². The highest BCUT2D eigenvalue weighted by Crippen LogP contribution is 2.17. The van der Waals surface area contributed by atoms with Gasteiger partial charge in [0.25, 0.3) is 0 Å². The smallest absolute Gasteiger partial charge is 0.237 e. The van der Waals surface area contributed by atoms with E-state index in [1.165, 1.54) is 12.8 Å². The Morgan fingerprint density at radius 1 is 1.35 bits per heavy atom. The van der Waals surface area contributed by atoms with Crippen molar-refractivity contribution in [2.45, 2.75) is 44.7 Å². The van der Waals surface area contributed by atoms with Gasteiger partial charge in [0.05, 0.1) is 6.04 Å². The number of nitrogens with zero attached hydrogens (tertiary/aromatic N) is 2. The molecule has 1 atom stereocenters. The molecule has 20 heavy (non-hydrogen) atoms. The number of nitrogens with one attached hydrogen (secondary N) is 2. The third-order valence-corrected chi connectivity index (χ3v) is 4.72. The molecule has 0 bridgehead atoms. The molecule has 1 aliphatic carbocycles. The molecule has 1 saturated heterocycles. The highest BCUT2D eigenvalue weighted by molar-refractivity contribution is 5.81. The molecule has 1 unspecified atom stereocenters. The van der Waals surface area contributed by atoms with E-state index in [0.717, 1.165) is 52.1 Å². The first-order valence-electron chi connectivity index (χ1n) is 8.10. The summed E-state index contributed by atoms with van der Waals surface area (Å²) in [6, 6.07) is 0.394. The second kappa shape index (κ2) is 7.96. The number of amides is 1. The largest absolute Gasteiger partial charge is 0.352 e. The summed E-state index contributed by atoms with van der Waals surface area (Å²) < 4.78 is 0. The van der Waals surface area contributed by atoms with Crippen molar-refractivity contribution >= 4 is 5.91 Å². The Morgan fingerprint density at radius 2 is 2.00 bits per heavy atom. The van der Waals surface area contributed by atoms with Gasteiger partial charge in [-0.05, 0) is 26.8 Å². The maximum Gasteiger partial charge on any atom is 0.237 e. The lowest BCUT2D eigenvalue weighted by atomic mass is 10.2. The van der Waals surface area contributed by atoms with Crippen LogP contribution in [0.4, 0.5) is 0 Å². The van der Waals surface area contributed by atoms with E-state index in [1.807, 2.05) is 6.92 Å². The highest BCUT2D eigenvalue weighted by Gasteiger charge is 2.23. The molecule has 1 saturated carbocycles. The first-order chi connectivity index (χ1) is 9.66. The van der Waals surface area contributed by atoms with Crippen molar-refractivity contribution in [1.82, 2.24) is 20.4 Å². The van der Waals surface area contributed by atoms with Crippen molar-refractivity contribution in [2.75, 3.05) is 46.3 Å². The van der Waals surface area contributed by atoms with Crippen LogP contribution in [-0.2, 0) is 4.79 Å². The first kappa shape index (κ1) is 15.7. The molecule has 2 rings (SSSR count). The molecular formula is C15H30N4O. The monoisotopic (exact) mass is 282 g/mol. The number of hydrogen-bond donors (Lipinski definition) is 2. The van der Waals surface area contributed by atoms with Gasteiger partial charge in [-0.3, -0.25) is 14.6 Å². The molecule has 5 nitrogen and oxygen atoms in total. The third-order valence-electron chi connectivity index (χ3n) is 4.72. The number of piperazine rings is 1. The number of carbonyl (C=O) groups is 1. The molecule has 0 spiro atoms. The van der Waals surface area contributed by atoms with Gasteiger partial charge in [0.15, 0.2) is 0 Å². The number of carbonyl (C=O) groups excluding carboxylic acids is 1. The molecule has 2 aliphatic rings. The van der Waals surface area contributed by atoms with Crippen molar-refractivity contribution in [3.05, 3.63) is 0 Å². The predicted octanol–water partition coefficient (Wildman–Crippen LogP) is 0.271. The van der Waals surface area contributed by atoms with Gasteiger partial charge in [0.2, 0.25) is 5.91 Å². The van der Waals surface area contributed by atoms with E-state index in [9.17, 15) is 4.79 Å². The molecule has 1 heterocycles. The standard InChI is InChI=1S/C15H30N4O/c1-13(15(20)17-14-5-3-4-6-14)18(2)11-12-19-9-7-16-8-10-19/h13-14,16H,3-12H2,1-2H3,(H,17,20). The summed E-state index contributed by atoms with van der Waals surface area (Å²) in [7, 11) is 2.06. The fourth-order valence-corrected chi connectivity index (χ4v) is 3.02. The Bertz CT molecular complexity index is 298. The first-order valence-corrected chi connectivity index (χ1v) is 8.10. The van der Waals surface area contributed by atoms with Crippen LogP contribution in [0.25, 0.3) is 0 Å². The summed E-state index contributed by atoms with van der Waals surface area (Å²) in [5.41, 5.74) is 0. The van der Waals surface area contributed by atoms with E-state index in [-0.39, 0.29) is 11.9 Å². The molecule has 0 radical (unpaired) electrons. The summed E-state index contributed by atoms with van der Waals surface area (Å²) in [4.78, 5) is 16.9. The van der Waals surface area contributed by atoms with Crippen LogP contribution in [-0.4, -0.2) is 74.1 Å². The highest BCUT2D eigenvalue weighted by atomic mass is 16.2. The minimum Gasteiger partial charge on any atom is -0.352 e. The molecule has 2 N–H and O–H groups in total. The molecule has 1 aliphatic heterocycles. The number of hydrogen-bond acceptors (Lipinski definition) is 4. The molecule has 116 valence electrons. The quantitative estimate of drug-likeness (QED) is 0.734. The maximum atomic E-state index is 12.2. The van der Waals surface area contributed by atoms with Crippen LogP contribution in [0.15, 0.2) is 0 Å². The van der Waals surface area contributed by atoms with Gasteiger partial charge >= 0.3 is 0 Å². The van der Waals surface area contributed by atoms with E-state index in [2.05, 4.69) is 27.5 Å². The van der Waals surface area contributed by atoms with Crippen LogP contribution >= 0.6 is 0 Å². The predicted molar refractivity (Wildman–Crippen MR) is 81.8 cm³/mol. The SMILES string of the molecule is CC(C(=O)NC1CCCC1)N(C)CCN1CCNCC1. The summed E-state index contributed by atoms with van der Waals surface area (Å²) >= 11 is 0. The van der Waals surface area contributed by atoms with E-state index in [0.29, 0.717) is 6.04 Å². The van der Waals surface area contributed by atoms with Gasteiger partial charge in [0, 0.05) is 45.3 Å². The lowest BCUT2D eigenvalue weighted by Gasteiger charge is -2.31. The van der Waals surface area contributed by atoms with E-state index >= 15 is 0 Å². The van der Waals surface area contributed by atoms with E-state index in [4.69, 9.17) is 0 Å². The van der Waals surface area contributed by atoms with Crippen molar-refractivity contribution < 1.29 is 4.79 Å². The minimum atomic E-state index is -0.0292. The Balaban J connectivity index is 1.67.